The lowest BCUT2D eigenvalue weighted by molar-refractivity contribution is -0.137. The topological polar surface area (TPSA) is 53.2 Å². The molecule has 1 aliphatic carbocycles. The third kappa shape index (κ3) is 6.00. The number of anilines is 2. The minimum atomic E-state index is -4.51. The van der Waals surface area contributed by atoms with E-state index in [0.717, 1.165) is 55.0 Å². The second-order valence-electron chi connectivity index (χ2n) is 8.27. The van der Waals surface area contributed by atoms with E-state index in [-0.39, 0.29) is 22.6 Å². The first kappa shape index (κ1) is 24.0. The standard InChI is InChI=1S/C24H28F3N3OS/c1-15-9-8-10-16(2)20(15)29-22(31)21(17-11-4-3-5-12-17)30-23(32)28-19-14-7-6-13-18(19)24(25,26)27/h6-10,13-14,17,21H,3-5,11-12H2,1-2H3,(H,29,31)(H2,28,30,32)/t21-/m1/s1. The van der Waals surface area contributed by atoms with Crippen molar-refractivity contribution in [3.05, 3.63) is 59.2 Å². The number of thiocarbonyl (C=S) groups is 1. The molecule has 0 saturated heterocycles. The molecule has 1 saturated carbocycles. The Morgan fingerprint density at radius 2 is 1.59 bits per heavy atom. The van der Waals surface area contributed by atoms with Crippen molar-refractivity contribution in [1.29, 1.82) is 0 Å². The summed E-state index contributed by atoms with van der Waals surface area (Å²) in [5.74, 6) is -0.187. The van der Waals surface area contributed by atoms with Crippen molar-refractivity contribution in [2.45, 2.75) is 58.2 Å². The molecule has 172 valence electrons. The number of amides is 1. The molecule has 0 spiro atoms. The quantitative estimate of drug-likeness (QED) is 0.463. The van der Waals surface area contributed by atoms with Gasteiger partial charge in [0.2, 0.25) is 5.91 Å². The van der Waals surface area contributed by atoms with Crippen molar-refractivity contribution in [3.63, 3.8) is 0 Å². The van der Waals surface area contributed by atoms with E-state index in [4.69, 9.17) is 12.2 Å². The number of alkyl halides is 3. The number of carbonyl (C=O) groups excluding carboxylic acids is 1. The maximum absolute atomic E-state index is 13.3. The van der Waals surface area contributed by atoms with Crippen molar-refractivity contribution in [1.82, 2.24) is 5.32 Å². The van der Waals surface area contributed by atoms with E-state index >= 15 is 0 Å². The number of nitrogens with one attached hydrogen (secondary N) is 3. The second-order valence-corrected chi connectivity index (χ2v) is 8.68. The predicted molar refractivity (Wildman–Crippen MR) is 126 cm³/mol. The molecule has 1 fully saturated rings. The summed E-state index contributed by atoms with van der Waals surface area (Å²) in [6.45, 7) is 3.85. The largest absolute Gasteiger partial charge is 0.418 e. The third-order valence-electron chi connectivity index (χ3n) is 5.90. The summed E-state index contributed by atoms with van der Waals surface area (Å²) in [7, 11) is 0. The Labute approximate surface area is 192 Å². The van der Waals surface area contributed by atoms with E-state index in [1.807, 2.05) is 32.0 Å². The maximum atomic E-state index is 13.3. The molecule has 8 heteroatoms. The SMILES string of the molecule is Cc1cccc(C)c1NC(=O)[C@H](NC(=S)Nc1ccccc1C(F)(F)F)C1CCCCC1. The minimum absolute atomic E-state index is 0.00562. The molecule has 0 unspecified atom stereocenters. The minimum Gasteiger partial charge on any atom is -0.350 e. The van der Waals surface area contributed by atoms with Gasteiger partial charge < -0.3 is 16.0 Å². The van der Waals surface area contributed by atoms with Gasteiger partial charge in [-0.25, -0.2) is 0 Å². The number of aryl methyl sites for hydroxylation is 2. The van der Waals surface area contributed by atoms with Gasteiger partial charge in [0.1, 0.15) is 6.04 Å². The van der Waals surface area contributed by atoms with Gasteiger partial charge in [0.05, 0.1) is 11.3 Å². The lowest BCUT2D eigenvalue weighted by atomic mass is 9.83. The Hall–Kier alpha value is -2.61. The van der Waals surface area contributed by atoms with Crippen molar-refractivity contribution in [3.8, 4) is 0 Å². The van der Waals surface area contributed by atoms with E-state index in [1.165, 1.54) is 18.2 Å². The van der Waals surface area contributed by atoms with Crippen LogP contribution >= 0.6 is 12.2 Å². The van der Waals surface area contributed by atoms with Gasteiger partial charge in [0.15, 0.2) is 5.11 Å². The first-order valence-corrected chi connectivity index (χ1v) is 11.2. The van der Waals surface area contributed by atoms with Crippen LogP contribution in [0.5, 0.6) is 0 Å². The van der Waals surface area contributed by atoms with Crippen LogP contribution in [-0.2, 0) is 11.0 Å². The zero-order valence-corrected chi connectivity index (χ0v) is 19.0. The molecular weight excluding hydrogens is 435 g/mol. The van der Waals surface area contributed by atoms with Crippen LogP contribution in [0.25, 0.3) is 0 Å². The number of para-hydroxylation sites is 2. The fraction of sp³-hybridized carbons (Fsp3) is 0.417. The highest BCUT2D eigenvalue weighted by molar-refractivity contribution is 7.80. The molecule has 3 rings (SSSR count). The summed E-state index contributed by atoms with van der Waals surface area (Å²) < 4.78 is 40.0. The summed E-state index contributed by atoms with van der Waals surface area (Å²) in [4.78, 5) is 13.3. The van der Waals surface area contributed by atoms with Gasteiger partial charge >= 0.3 is 6.18 Å². The molecule has 4 nitrogen and oxygen atoms in total. The molecule has 0 heterocycles. The van der Waals surface area contributed by atoms with Crippen LogP contribution in [0.4, 0.5) is 24.5 Å². The second kappa shape index (κ2) is 10.3. The molecule has 0 aromatic heterocycles. The normalized spacial score (nSPS) is 15.7. The number of hydrogen-bond acceptors (Lipinski definition) is 2. The van der Waals surface area contributed by atoms with Gasteiger partial charge in [-0.1, -0.05) is 49.6 Å². The van der Waals surface area contributed by atoms with Gasteiger partial charge in [-0.05, 0) is 68.1 Å². The fourth-order valence-corrected chi connectivity index (χ4v) is 4.45. The highest BCUT2D eigenvalue weighted by Gasteiger charge is 2.34. The van der Waals surface area contributed by atoms with Crippen molar-refractivity contribution in [2.24, 2.45) is 5.92 Å². The molecule has 1 atom stereocenters. The smallest absolute Gasteiger partial charge is 0.350 e. The van der Waals surface area contributed by atoms with Crippen LogP contribution in [0.15, 0.2) is 42.5 Å². The van der Waals surface area contributed by atoms with Crippen molar-refractivity contribution < 1.29 is 18.0 Å². The molecule has 0 bridgehead atoms. The van der Waals surface area contributed by atoms with Gasteiger partial charge in [-0.15, -0.1) is 0 Å². The highest BCUT2D eigenvalue weighted by Crippen LogP contribution is 2.34. The summed E-state index contributed by atoms with van der Waals surface area (Å²) in [6.07, 6.45) is 0.345. The molecule has 1 amide bonds. The van der Waals surface area contributed by atoms with E-state index < -0.39 is 17.8 Å². The van der Waals surface area contributed by atoms with Gasteiger partial charge in [-0.2, -0.15) is 13.2 Å². The molecule has 3 N–H and O–H groups in total. The van der Waals surface area contributed by atoms with E-state index in [2.05, 4.69) is 16.0 Å². The number of hydrogen-bond donors (Lipinski definition) is 3. The molecule has 0 radical (unpaired) electrons. The van der Waals surface area contributed by atoms with Gasteiger partial charge in [-0.3, -0.25) is 4.79 Å². The lowest BCUT2D eigenvalue weighted by Crippen LogP contribution is -2.50. The zero-order valence-electron chi connectivity index (χ0n) is 18.2. The predicted octanol–water partition coefficient (Wildman–Crippen LogP) is 6.20. The summed E-state index contributed by atoms with van der Waals surface area (Å²) in [5.41, 5.74) is 1.69. The van der Waals surface area contributed by atoms with E-state index in [0.29, 0.717) is 0 Å². The Morgan fingerprint density at radius 3 is 2.22 bits per heavy atom. The van der Waals surface area contributed by atoms with Crippen LogP contribution in [0.1, 0.15) is 48.8 Å². The van der Waals surface area contributed by atoms with Gasteiger partial charge in [0, 0.05) is 5.69 Å². The monoisotopic (exact) mass is 463 g/mol. The Balaban J connectivity index is 1.79. The summed E-state index contributed by atoms with van der Waals surface area (Å²) in [6, 6.07) is 10.3. The molecule has 32 heavy (non-hydrogen) atoms. The Bertz CT molecular complexity index is 951. The number of rotatable bonds is 5. The summed E-state index contributed by atoms with van der Waals surface area (Å²) in [5, 5.41) is 8.67. The maximum Gasteiger partial charge on any atom is 0.418 e. The van der Waals surface area contributed by atoms with Crippen LogP contribution < -0.4 is 16.0 Å². The van der Waals surface area contributed by atoms with Crippen LogP contribution in [0, 0.1) is 19.8 Å². The first-order valence-electron chi connectivity index (χ1n) is 10.8. The van der Waals surface area contributed by atoms with E-state index in [9.17, 15) is 18.0 Å². The fourth-order valence-electron chi connectivity index (χ4n) is 4.22. The lowest BCUT2D eigenvalue weighted by Gasteiger charge is -2.31. The summed E-state index contributed by atoms with van der Waals surface area (Å²) >= 11 is 5.33. The Kier molecular flexibility index (Phi) is 7.77. The molecule has 1 aliphatic rings. The molecule has 2 aromatic carbocycles. The Morgan fingerprint density at radius 1 is 0.969 bits per heavy atom. The first-order chi connectivity index (χ1) is 15.2. The van der Waals surface area contributed by atoms with Crippen LogP contribution in [0.3, 0.4) is 0 Å². The zero-order chi connectivity index (χ0) is 23.3. The molecular formula is C24H28F3N3OS. The van der Waals surface area contributed by atoms with E-state index in [1.54, 1.807) is 0 Å². The van der Waals surface area contributed by atoms with Crippen LogP contribution in [0.2, 0.25) is 0 Å². The average Bonchev–Trinajstić information content (AvgIpc) is 2.75. The number of benzene rings is 2. The molecule has 2 aromatic rings. The third-order valence-corrected chi connectivity index (χ3v) is 6.12. The van der Waals surface area contributed by atoms with Crippen LogP contribution in [-0.4, -0.2) is 17.1 Å². The van der Waals surface area contributed by atoms with Gasteiger partial charge in [0.25, 0.3) is 0 Å². The number of halogens is 3. The van der Waals surface area contributed by atoms with Crippen molar-refractivity contribution in [2.75, 3.05) is 10.6 Å². The number of carbonyl (C=O) groups is 1. The van der Waals surface area contributed by atoms with Crippen molar-refractivity contribution >= 4 is 34.6 Å². The molecule has 0 aliphatic heterocycles. The average molecular weight is 464 g/mol. The highest BCUT2D eigenvalue weighted by atomic mass is 32.1.